The number of rotatable bonds is 8. The van der Waals surface area contributed by atoms with E-state index in [1.54, 1.807) is 6.92 Å². The Bertz CT molecular complexity index is 1390. The van der Waals surface area contributed by atoms with E-state index >= 15 is 0 Å². The molecule has 38 heavy (non-hydrogen) atoms. The predicted molar refractivity (Wildman–Crippen MR) is 158 cm³/mol. The van der Waals surface area contributed by atoms with Crippen LogP contribution in [0.3, 0.4) is 0 Å². The van der Waals surface area contributed by atoms with Crippen LogP contribution in [0, 0.1) is 17.2 Å². The summed E-state index contributed by atoms with van der Waals surface area (Å²) in [6.07, 6.45) is 0.970. The summed E-state index contributed by atoms with van der Waals surface area (Å²) in [5, 5.41) is 20.7. The average Bonchev–Trinajstić information content (AvgIpc) is 3.46. The van der Waals surface area contributed by atoms with Gasteiger partial charge in [-0.15, -0.1) is 0 Å². The fraction of sp³-hybridized carbons (Fsp3) is 0.267. The van der Waals surface area contributed by atoms with E-state index in [2.05, 4.69) is 35.5 Å². The molecule has 2 N–H and O–H groups in total. The molecule has 1 aromatic heterocycles. The van der Waals surface area contributed by atoms with Gasteiger partial charge in [0.15, 0.2) is 0 Å². The van der Waals surface area contributed by atoms with Crippen LogP contribution in [0.1, 0.15) is 50.2 Å². The van der Waals surface area contributed by atoms with E-state index in [4.69, 9.17) is 0 Å². The Kier molecular flexibility index (Phi) is 9.16. The number of nitriles is 1. The minimum absolute atomic E-state index is 0.112. The van der Waals surface area contributed by atoms with Crippen molar-refractivity contribution in [3.8, 4) is 6.07 Å². The van der Waals surface area contributed by atoms with E-state index in [0.717, 1.165) is 23.2 Å². The summed E-state index contributed by atoms with van der Waals surface area (Å²) in [4.78, 5) is 31.0. The molecule has 3 unspecified atom stereocenters. The van der Waals surface area contributed by atoms with Crippen molar-refractivity contribution in [2.45, 2.75) is 39.0 Å². The molecule has 2 heterocycles. The lowest BCUT2D eigenvalue weighted by Gasteiger charge is -2.29. The third kappa shape index (κ3) is 6.24. The van der Waals surface area contributed by atoms with E-state index in [-0.39, 0.29) is 17.6 Å². The fourth-order valence-electron chi connectivity index (χ4n) is 4.50. The molecule has 8 heteroatoms. The Balaban J connectivity index is 1.57. The monoisotopic (exact) mass is 542 g/mol. The summed E-state index contributed by atoms with van der Waals surface area (Å²) in [6.45, 7) is 6.05. The number of anilines is 2. The van der Waals surface area contributed by atoms with Crippen LogP contribution in [0.5, 0.6) is 0 Å². The number of benzene rings is 2. The molecule has 0 bridgehead atoms. The lowest BCUT2D eigenvalue weighted by Crippen LogP contribution is -2.31. The van der Waals surface area contributed by atoms with Crippen LogP contribution < -0.4 is 10.6 Å². The first kappa shape index (κ1) is 27.4. The molecule has 0 saturated carbocycles. The summed E-state index contributed by atoms with van der Waals surface area (Å²) in [6, 6.07) is 21.4. The number of para-hydroxylation sites is 2. The SMILES string of the molecule is CCC(C)c1ccccc1NC(=O)CSC1=NC(C)=C(C(=O)Nc2ccccc2)C(c2ccsc2)C1C#N. The summed E-state index contributed by atoms with van der Waals surface area (Å²) >= 11 is 2.77. The molecule has 2 amide bonds. The Morgan fingerprint density at radius 2 is 1.84 bits per heavy atom. The third-order valence-electron chi connectivity index (χ3n) is 6.63. The highest BCUT2D eigenvalue weighted by Gasteiger charge is 2.39. The topological polar surface area (TPSA) is 94.3 Å². The maximum Gasteiger partial charge on any atom is 0.254 e. The van der Waals surface area contributed by atoms with Crippen molar-refractivity contribution in [3.05, 3.63) is 93.8 Å². The van der Waals surface area contributed by atoms with E-state index in [0.29, 0.717) is 27.9 Å². The van der Waals surface area contributed by atoms with Gasteiger partial charge in [0, 0.05) is 28.6 Å². The number of nitrogens with one attached hydrogen (secondary N) is 2. The number of carbonyl (C=O) groups is 2. The van der Waals surface area contributed by atoms with Crippen molar-refractivity contribution in [2.24, 2.45) is 10.9 Å². The van der Waals surface area contributed by atoms with Crippen LogP contribution in [-0.4, -0.2) is 22.6 Å². The number of aliphatic imine (C=N–C) groups is 1. The summed E-state index contributed by atoms with van der Waals surface area (Å²) < 4.78 is 0. The van der Waals surface area contributed by atoms with Crippen molar-refractivity contribution in [1.82, 2.24) is 0 Å². The van der Waals surface area contributed by atoms with Crippen LogP contribution in [-0.2, 0) is 9.59 Å². The lowest BCUT2D eigenvalue weighted by atomic mass is 9.79. The number of hydrogen-bond donors (Lipinski definition) is 2. The van der Waals surface area contributed by atoms with Gasteiger partial charge in [-0.2, -0.15) is 16.6 Å². The third-order valence-corrected chi connectivity index (χ3v) is 8.37. The molecule has 1 aliphatic rings. The van der Waals surface area contributed by atoms with E-state index in [9.17, 15) is 14.9 Å². The van der Waals surface area contributed by atoms with Crippen molar-refractivity contribution in [3.63, 3.8) is 0 Å². The first-order valence-corrected chi connectivity index (χ1v) is 14.4. The Morgan fingerprint density at radius 1 is 1.11 bits per heavy atom. The maximum atomic E-state index is 13.4. The minimum atomic E-state index is -0.685. The molecule has 4 rings (SSSR count). The second-order valence-electron chi connectivity index (χ2n) is 9.14. The van der Waals surface area contributed by atoms with Gasteiger partial charge >= 0.3 is 0 Å². The van der Waals surface area contributed by atoms with E-state index < -0.39 is 11.8 Å². The number of carbonyl (C=O) groups excluding carboxylic acids is 2. The molecule has 0 saturated heterocycles. The van der Waals surface area contributed by atoms with Crippen LogP contribution in [0.15, 0.2) is 87.7 Å². The van der Waals surface area contributed by atoms with E-state index in [1.165, 1.54) is 23.1 Å². The van der Waals surface area contributed by atoms with Crippen molar-refractivity contribution in [1.29, 1.82) is 5.26 Å². The standard InChI is InChI=1S/C30H30N4O2S2/c1-4-19(2)23-12-8-9-13-25(23)34-26(35)18-38-30-24(16-31)28(21-14-15-37-17-21)27(20(3)32-30)29(36)33-22-10-6-5-7-11-22/h5-15,17,19,24,28H,4,18H2,1-3H3,(H,33,36)(H,34,35). The highest BCUT2D eigenvalue weighted by Crippen LogP contribution is 2.42. The molecule has 0 spiro atoms. The highest BCUT2D eigenvalue weighted by molar-refractivity contribution is 8.14. The lowest BCUT2D eigenvalue weighted by molar-refractivity contribution is -0.114. The number of amides is 2. The van der Waals surface area contributed by atoms with Gasteiger partial charge in [0.25, 0.3) is 5.91 Å². The molecule has 0 radical (unpaired) electrons. The number of thioether (sulfide) groups is 1. The smallest absolute Gasteiger partial charge is 0.254 e. The zero-order chi connectivity index (χ0) is 27.1. The number of hydrogen-bond acceptors (Lipinski definition) is 6. The Labute approximate surface area is 231 Å². The summed E-state index contributed by atoms with van der Waals surface area (Å²) in [7, 11) is 0. The zero-order valence-corrected chi connectivity index (χ0v) is 23.2. The quantitative estimate of drug-likeness (QED) is 0.315. The van der Waals surface area contributed by atoms with Gasteiger partial charge in [-0.25, -0.2) is 4.99 Å². The van der Waals surface area contributed by atoms with Crippen molar-refractivity contribution >= 4 is 51.3 Å². The maximum absolute atomic E-state index is 13.4. The minimum Gasteiger partial charge on any atom is -0.325 e. The Morgan fingerprint density at radius 3 is 2.53 bits per heavy atom. The van der Waals surface area contributed by atoms with Crippen LogP contribution >= 0.6 is 23.1 Å². The van der Waals surface area contributed by atoms with Gasteiger partial charge in [-0.05, 0) is 65.4 Å². The number of thiophene rings is 1. The molecule has 0 aliphatic carbocycles. The van der Waals surface area contributed by atoms with Gasteiger partial charge < -0.3 is 10.6 Å². The largest absolute Gasteiger partial charge is 0.325 e. The van der Waals surface area contributed by atoms with Gasteiger partial charge in [-0.1, -0.05) is 62.0 Å². The molecular weight excluding hydrogens is 512 g/mol. The summed E-state index contributed by atoms with van der Waals surface area (Å²) in [5.41, 5.74) is 4.49. The average molecular weight is 543 g/mol. The molecule has 3 aromatic rings. The van der Waals surface area contributed by atoms with Gasteiger partial charge in [0.1, 0.15) is 5.92 Å². The van der Waals surface area contributed by atoms with E-state index in [1.807, 2.05) is 71.4 Å². The molecule has 194 valence electrons. The molecule has 2 aromatic carbocycles. The molecule has 3 atom stereocenters. The van der Waals surface area contributed by atoms with Crippen LogP contribution in [0.4, 0.5) is 11.4 Å². The second-order valence-corrected chi connectivity index (χ2v) is 10.9. The first-order valence-electron chi connectivity index (χ1n) is 12.5. The fourth-order valence-corrected chi connectivity index (χ4v) is 6.12. The molecule has 0 fully saturated rings. The summed E-state index contributed by atoms with van der Waals surface area (Å²) in [5.74, 6) is -1.17. The molecular formula is C30H30N4O2S2. The molecule has 6 nitrogen and oxygen atoms in total. The number of allylic oxidation sites excluding steroid dienone is 1. The Hall–Kier alpha value is -3.67. The highest BCUT2D eigenvalue weighted by atomic mass is 32.2. The van der Waals surface area contributed by atoms with Gasteiger partial charge in [-0.3, -0.25) is 9.59 Å². The predicted octanol–water partition coefficient (Wildman–Crippen LogP) is 7.18. The van der Waals surface area contributed by atoms with Crippen molar-refractivity contribution in [2.75, 3.05) is 16.4 Å². The number of nitrogens with zero attached hydrogens (tertiary/aromatic N) is 2. The van der Waals surface area contributed by atoms with Crippen LogP contribution in [0.2, 0.25) is 0 Å². The van der Waals surface area contributed by atoms with Gasteiger partial charge in [0.05, 0.1) is 16.9 Å². The normalized spacial score (nSPS) is 17.8. The second kappa shape index (κ2) is 12.7. The van der Waals surface area contributed by atoms with Crippen LogP contribution in [0.25, 0.3) is 0 Å². The first-order chi connectivity index (χ1) is 18.4. The van der Waals surface area contributed by atoms with Gasteiger partial charge in [0.2, 0.25) is 5.91 Å². The zero-order valence-electron chi connectivity index (χ0n) is 21.6. The molecule has 1 aliphatic heterocycles. The van der Waals surface area contributed by atoms with Crippen molar-refractivity contribution < 1.29 is 9.59 Å².